The SMILES string of the molecule is CC1(CCC[C@](C)(O)[C@H]2CC[C@H]3[C@@H]4CC=C5C[C@@H](OC6CCCCO6)CC[C@]5(C)[C@H]4CC[C@@]32C)OCCO1. The zero-order valence-electron chi connectivity index (χ0n) is 24.6. The number of allylic oxidation sites excluding steroid dienone is 1. The van der Waals surface area contributed by atoms with Gasteiger partial charge in [-0.3, -0.25) is 0 Å². The quantitative estimate of drug-likeness (QED) is 0.354. The molecule has 0 aromatic rings. The van der Waals surface area contributed by atoms with Gasteiger partial charge in [-0.15, -0.1) is 0 Å². The molecule has 0 aromatic carbocycles. The summed E-state index contributed by atoms with van der Waals surface area (Å²) >= 11 is 0. The highest BCUT2D eigenvalue weighted by molar-refractivity contribution is 5.25. The Kier molecular flexibility index (Phi) is 7.60. The average Bonchev–Trinajstić information content (AvgIpc) is 3.48. The first-order valence-corrected chi connectivity index (χ1v) is 16.1. The first-order valence-electron chi connectivity index (χ1n) is 16.1. The first kappa shape index (κ1) is 27.7. The topological polar surface area (TPSA) is 57.2 Å². The minimum atomic E-state index is -0.624. The van der Waals surface area contributed by atoms with Gasteiger partial charge in [0, 0.05) is 13.0 Å². The number of rotatable bonds is 7. The minimum Gasteiger partial charge on any atom is -0.390 e. The van der Waals surface area contributed by atoms with Gasteiger partial charge in [0.2, 0.25) is 0 Å². The largest absolute Gasteiger partial charge is 0.390 e. The molecule has 0 bridgehead atoms. The van der Waals surface area contributed by atoms with Gasteiger partial charge in [0.1, 0.15) is 0 Å². The van der Waals surface area contributed by atoms with Crippen molar-refractivity contribution in [2.45, 2.75) is 141 Å². The van der Waals surface area contributed by atoms with E-state index >= 15 is 0 Å². The van der Waals surface area contributed by atoms with E-state index in [0.29, 0.717) is 30.7 Å². The van der Waals surface area contributed by atoms with E-state index in [2.05, 4.69) is 33.8 Å². The van der Waals surface area contributed by atoms with Crippen LogP contribution in [0.3, 0.4) is 0 Å². The van der Waals surface area contributed by atoms with E-state index in [4.69, 9.17) is 18.9 Å². The Labute approximate surface area is 231 Å². The molecule has 1 N–H and O–H groups in total. The lowest BCUT2D eigenvalue weighted by Crippen LogP contribution is -2.53. The van der Waals surface area contributed by atoms with Gasteiger partial charge < -0.3 is 24.1 Å². The molecule has 2 aliphatic heterocycles. The van der Waals surface area contributed by atoms with Gasteiger partial charge in [0.25, 0.3) is 0 Å². The van der Waals surface area contributed by atoms with Gasteiger partial charge in [-0.05, 0) is 132 Å². The summed E-state index contributed by atoms with van der Waals surface area (Å²) in [6.45, 7) is 11.6. The van der Waals surface area contributed by atoms with Crippen molar-refractivity contribution in [2.24, 2.45) is 34.5 Å². The normalized spacial score (nSPS) is 46.0. The highest BCUT2D eigenvalue weighted by Crippen LogP contribution is 2.67. The van der Waals surface area contributed by atoms with Crippen LogP contribution in [0.5, 0.6) is 0 Å². The summed E-state index contributed by atoms with van der Waals surface area (Å²) in [4.78, 5) is 0. The van der Waals surface area contributed by atoms with Crippen molar-refractivity contribution in [1.82, 2.24) is 0 Å². The number of fused-ring (bicyclic) bond motifs is 5. The molecule has 3 saturated carbocycles. The molecular formula is C33H54O5. The van der Waals surface area contributed by atoms with Crippen LogP contribution < -0.4 is 0 Å². The van der Waals surface area contributed by atoms with Gasteiger partial charge >= 0.3 is 0 Å². The molecule has 216 valence electrons. The zero-order valence-corrected chi connectivity index (χ0v) is 24.6. The molecule has 4 aliphatic carbocycles. The van der Waals surface area contributed by atoms with Crippen molar-refractivity contribution in [3.8, 4) is 0 Å². The highest BCUT2D eigenvalue weighted by Gasteiger charge is 2.61. The van der Waals surface area contributed by atoms with Crippen molar-refractivity contribution in [3.05, 3.63) is 11.6 Å². The lowest BCUT2D eigenvalue weighted by atomic mass is 9.46. The third-order valence-corrected chi connectivity index (χ3v) is 12.5. The lowest BCUT2D eigenvalue weighted by molar-refractivity contribution is -0.195. The Morgan fingerprint density at radius 1 is 0.974 bits per heavy atom. The fourth-order valence-electron chi connectivity index (χ4n) is 10.4. The van der Waals surface area contributed by atoms with Crippen LogP contribution >= 0.6 is 0 Å². The summed E-state index contributed by atoms with van der Waals surface area (Å²) in [5.74, 6) is 2.22. The second kappa shape index (κ2) is 10.4. The van der Waals surface area contributed by atoms with Gasteiger partial charge in [-0.1, -0.05) is 25.5 Å². The Balaban J connectivity index is 1.11. The predicted molar refractivity (Wildman–Crippen MR) is 148 cm³/mol. The van der Waals surface area contributed by atoms with Gasteiger partial charge in [-0.25, -0.2) is 0 Å². The van der Waals surface area contributed by atoms with Crippen LogP contribution in [-0.4, -0.2) is 48.7 Å². The number of hydrogen-bond acceptors (Lipinski definition) is 5. The molecule has 0 amide bonds. The van der Waals surface area contributed by atoms with Crippen LogP contribution in [0.15, 0.2) is 11.6 Å². The Bertz CT molecular complexity index is 871. The summed E-state index contributed by atoms with van der Waals surface area (Å²) in [7, 11) is 0. The molecule has 2 saturated heterocycles. The zero-order chi connectivity index (χ0) is 26.6. The van der Waals surface area contributed by atoms with Crippen molar-refractivity contribution in [1.29, 1.82) is 0 Å². The second-order valence-electron chi connectivity index (χ2n) is 14.8. The summed E-state index contributed by atoms with van der Waals surface area (Å²) in [6.07, 6.45) is 18.9. The third kappa shape index (κ3) is 4.95. The standard InChI is InChI=1S/C33H54O5/c1-30-17-13-24(38-29-8-5-6-19-35-29)22-23(30)9-10-25-26-11-12-28(31(26,2)18-14-27(25)30)32(3,34)15-7-16-33(4)36-20-21-37-33/h9,24-29,34H,5-8,10-22H2,1-4H3/t24-,25-,26-,27-,28-,29?,30-,31-,32-/m0/s1. The van der Waals surface area contributed by atoms with Crippen LogP contribution in [0, 0.1) is 34.5 Å². The number of aliphatic hydroxyl groups is 1. The van der Waals surface area contributed by atoms with Crippen molar-refractivity contribution in [3.63, 3.8) is 0 Å². The maximum absolute atomic E-state index is 11.9. The third-order valence-electron chi connectivity index (χ3n) is 12.5. The number of ether oxygens (including phenoxy) is 4. The van der Waals surface area contributed by atoms with Crippen LogP contribution in [0.25, 0.3) is 0 Å². The van der Waals surface area contributed by atoms with Crippen molar-refractivity contribution >= 4 is 0 Å². The summed E-state index contributed by atoms with van der Waals surface area (Å²) in [6, 6.07) is 0. The van der Waals surface area contributed by atoms with Gasteiger partial charge in [-0.2, -0.15) is 0 Å². The molecule has 1 unspecified atom stereocenters. The Hall–Kier alpha value is -0.460. The monoisotopic (exact) mass is 530 g/mol. The lowest BCUT2D eigenvalue weighted by Gasteiger charge is -2.59. The molecule has 2 heterocycles. The summed E-state index contributed by atoms with van der Waals surface area (Å²) in [5.41, 5.74) is 1.63. The molecule has 5 fully saturated rings. The predicted octanol–water partition coefficient (Wildman–Crippen LogP) is 7.16. The Morgan fingerprint density at radius 2 is 1.79 bits per heavy atom. The molecule has 0 aromatic heterocycles. The van der Waals surface area contributed by atoms with E-state index in [9.17, 15) is 5.11 Å². The average molecular weight is 531 g/mol. The van der Waals surface area contributed by atoms with Crippen LogP contribution in [0.1, 0.15) is 118 Å². The van der Waals surface area contributed by atoms with E-state index in [1.807, 2.05) is 0 Å². The fourth-order valence-corrected chi connectivity index (χ4v) is 10.4. The van der Waals surface area contributed by atoms with E-state index in [1.165, 1.54) is 57.8 Å². The molecule has 6 aliphatic rings. The number of hydrogen-bond donors (Lipinski definition) is 1. The Morgan fingerprint density at radius 3 is 2.55 bits per heavy atom. The molecule has 0 spiro atoms. The highest BCUT2D eigenvalue weighted by atomic mass is 16.7. The van der Waals surface area contributed by atoms with Crippen LogP contribution in [-0.2, 0) is 18.9 Å². The van der Waals surface area contributed by atoms with Gasteiger partial charge in [0.05, 0.1) is 24.9 Å². The molecule has 38 heavy (non-hydrogen) atoms. The molecule has 9 atom stereocenters. The summed E-state index contributed by atoms with van der Waals surface area (Å²) < 4.78 is 24.0. The minimum absolute atomic E-state index is 0.0229. The molecule has 5 heteroatoms. The van der Waals surface area contributed by atoms with E-state index in [0.717, 1.165) is 56.5 Å². The van der Waals surface area contributed by atoms with Crippen molar-refractivity contribution in [2.75, 3.05) is 19.8 Å². The summed E-state index contributed by atoms with van der Waals surface area (Å²) in [5, 5.41) is 11.9. The van der Waals surface area contributed by atoms with E-state index in [-0.39, 0.29) is 11.7 Å². The van der Waals surface area contributed by atoms with Crippen LogP contribution in [0.2, 0.25) is 0 Å². The molecular weight excluding hydrogens is 476 g/mol. The first-order chi connectivity index (χ1) is 18.1. The second-order valence-corrected chi connectivity index (χ2v) is 14.8. The van der Waals surface area contributed by atoms with E-state index in [1.54, 1.807) is 5.57 Å². The van der Waals surface area contributed by atoms with Crippen molar-refractivity contribution < 1.29 is 24.1 Å². The molecule has 6 rings (SSSR count). The molecule has 0 radical (unpaired) electrons. The maximum Gasteiger partial charge on any atom is 0.165 e. The van der Waals surface area contributed by atoms with Crippen LogP contribution in [0.4, 0.5) is 0 Å². The maximum atomic E-state index is 11.9. The van der Waals surface area contributed by atoms with E-state index < -0.39 is 11.4 Å². The van der Waals surface area contributed by atoms with Gasteiger partial charge in [0.15, 0.2) is 12.1 Å². The smallest absolute Gasteiger partial charge is 0.165 e. The fraction of sp³-hybridized carbons (Fsp3) is 0.939. The molecule has 5 nitrogen and oxygen atoms in total.